The number of aryl methyl sites for hydroxylation is 1. The molecule has 1 fully saturated rings. The lowest BCUT2D eigenvalue weighted by Gasteiger charge is -2.24. The van der Waals surface area contributed by atoms with Gasteiger partial charge in [0.15, 0.2) is 0 Å². The Balaban J connectivity index is 2.08. The highest BCUT2D eigenvalue weighted by Crippen LogP contribution is 2.26. The molecule has 0 amide bonds. The lowest BCUT2D eigenvalue weighted by molar-refractivity contribution is 0.0604. The van der Waals surface area contributed by atoms with Crippen LogP contribution in [0.1, 0.15) is 24.4 Å². The number of pyridine rings is 1. The summed E-state index contributed by atoms with van der Waals surface area (Å²) in [6.07, 6.45) is 6.41. The normalized spacial score (nSPS) is 21.4. The molecule has 0 bridgehead atoms. The molecule has 0 N–H and O–H groups in total. The van der Waals surface area contributed by atoms with Crippen LogP contribution in [0.25, 0.3) is 11.0 Å². The summed E-state index contributed by atoms with van der Waals surface area (Å²) >= 11 is 0. The van der Waals surface area contributed by atoms with E-state index >= 15 is 0 Å². The van der Waals surface area contributed by atoms with Crippen molar-refractivity contribution in [1.82, 2.24) is 9.55 Å². The lowest BCUT2D eigenvalue weighted by atomic mass is 10.1. The molecule has 2 aromatic heterocycles. The van der Waals surface area contributed by atoms with Gasteiger partial charge in [0.05, 0.1) is 12.6 Å². The van der Waals surface area contributed by atoms with Gasteiger partial charge in [0, 0.05) is 24.4 Å². The van der Waals surface area contributed by atoms with Crippen LogP contribution in [-0.4, -0.2) is 22.8 Å². The maximum Gasteiger partial charge on any atom is 0.140 e. The second-order valence-electron chi connectivity index (χ2n) is 4.46. The maximum absolute atomic E-state index is 5.55. The number of hydrogen-bond donors (Lipinski definition) is 0. The number of hydrogen-bond acceptors (Lipinski definition) is 2. The van der Waals surface area contributed by atoms with Crippen molar-refractivity contribution in [3.8, 4) is 0 Å². The van der Waals surface area contributed by atoms with Gasteiger partial charge in [0.1, 0.15) is 5.65 Å². The van der Waals surface area contributed by atoms with E-state index in [1.807, 2.05) is 12.3 Å². The number of fused-ring (bicyclic) bond motifs is 1. The highest BCUT2D eigenvalue weighted by Gasteiger charge is 2.18. The maximum atomic E-state index is 5.55. The molecule has 1 atom stereocenters. The third-order valence-corrected chi connectivity index (χ3v) is 3.32. The second-order valence-corrected chi connectivity index (χ2v) is 4.46. The summed E-state index contributed by atoms with van der Waals surface area (Å²) in [5.41, 5.74) is 2.39. The van der Waals surface area contributed by atoms with Crippen molar-refractivity contribution in [2.45, 2.75) is 25.8 Å². The minimum Gasteiger partial charge on any atom is -0.379 e. The van der Waals surface area contributed by atoms with Crippen LogP contribution in [0.15, 0.2) is 24.5 Å². The molecule has 0 aromatic carbocycles. The van der Waals surface area contributed by atoms with Crippen LogP contribution in [0, 0.1) is 6.92 Å². The third kappa shape index (κ3) is 1.52. The van der Waals surface area contributed by atoms with Gasteiger partial charge in [0.2, 0.25) is 0 Å². The van der Waals surface area contributed by atoms with Crippen LogP contribution in [-0.2, 0) is 4.74 Å². The van der Waals surface area contributed by atoms with Crippen LogP contribution in [0.3, 0.4) is 0 Å². The van der Waals surface area contributed by atoms with Crippen LogP contribution >= 0.6 is 0 Å². The zero-order valence-corrected chi connectivity index (χ0v) is 9.52. The monoisotopic (exact) mass is 216 g/mol. The van der Waals surface area contributed by atoms with E-state index < -0.39 is 0 Å². The summed E-state index contributed by atoms with van der Waals surface area (Å²) in [6, 6.07) is 4.59. The number of nitrogens with zero attached hydrogens (tertiary/aromatic N) is 2. The Labute approximate surface area is 95.0 Å². The van der Waals surface area contributed by atoms with E-state index in [2.05, 4.69) is 28.7 Å². The molecule has 0 radical (unpaired) electrons. The average molecular weight is 216 g/mol. The third-order valence-electron chi connectivity index (χ3n) is 3.32. The Morgan fingerprint density at radius 2 is 2.44 bits per heavy atom. The fraction of sp³-hybridized carbons (Fsp3) is 0.462. The molecule has 2 aromatic rings. The molecule has 1 aliphatic rings. The minimum atomic E-state index is 0.458. The first-order chi connectivity index (χ1) is 7.86. The lowest BCUT2D eigenvalue weighted by Crippen LogP contribution is -2.20. The molecule has 0 aliphatic carbocycles. The highest BCUT2D eigenvalue weighted by atomic mass is 16.5. The van der Waals surface area contributed by atoms with Crippen molar-refractivity contribution in [2.75, 3.05) is 13.2 Å². The molecule has 3 nitrogen and oxygen atoms in total. The molecule has 1 saturated heterocycles. The smallest absolute Gasteiger partial charge is 0.140 e. The van der Waals surface area contributed by atoms with E-state index in [9.17, 15) is 0 Å². The molecule has 0 unspecified atom stereocenters. The van der Waals surface area contributed by atoms with E-state index in [1.54, 1.807) is 0 Å². The molecule has 3 heteroatoms. The van der Waals surface area contributed by atoms with Gasteiger partial charge < -0.3 is 9.30 Å². The Hall–Kier alpha value is -1.35. The van der Waals surface area contributed by atoms with Crippen molar-refractivity contribution in [2.24, 2.45) is 0 Å². The van der Waals surface area contributed by atoms with Crippen molar-refractivity contribution < 1.29 is 4.74 Å². The molecule has 16 heavy (non-hydrogen) atoms. The Bertz CT molecular complexity index is 498. The second kappa shape index (κ2) is 3.91. The topological polar surface area (TPSA) is 27.1 Å². The first kappa shape index (κ1) is 9.85. The summed E-state index contributed by atoms with van der Waals surface area (Å²) in [7, 11) is 0. The molecule has 1 aliphatic heterocycles. The molecule has 0 spiro atoms. The van der Waals surface area contributed by atoms with Crippen molar-refractivity contribution >= 4 is 11.0 Å². The Morgan fingerprint density at radius 1 is 1.50 bits per heavy atom. The quantitative estimate of drug-likeness (QED) is 0.732. The van der Waals surface area contributed by atoms with Gasteiger partial charge in [0.25, 0.3) is 0 Å². The van der Waals surface area contributed by atoms with Gasteiger partial charge in [-0.2, -0.15) is 0 Å². The molecule has 84 valence electrons. The zero-order chi connectivity index (χ0) is 11.0. The predicted molar refractivity (Wildman–Crippen MR) is 63.6 cm³/mol. The van der Waals surface area contributed by atoms with E-state index in [-0.39, 0.29) is 0 Å². The summed E-state index contributed by atoms with van der Waals surface area (Å²) in [6.45, 7) is 3.87. The van der Waals surface area contributed by atoms with Gasteiger partial charge in [-0.1, -0.05) is 0 Å². The van der Waals surface area contributed by atoms with E-state index in [0.717, 1.165) is 25.3 Å². The fourth-order valence-corrected chi connectivity index (χ4v) is 2.47. The summed E-state index contributed by atoms with van der Waals surface area (Å²) in [5, 5.41) is 1.26. The average Bonchev–Trinajstić information content (AvgIpc) is 2.69. The van der Waals surface area contributed by atoms with Gasteiger partial charge in [-0.15, -0.1) is 0 Å². The van der Waals surface area contributed by atoms with Crippen molar-refractivity contribution in [3.05, 3.63) is 30.1 Å². The standard InChI is InChI=1S/C13H16N2O/c1-10-8-15(11-4-3-7-16-9-11)13-12(10)5-2-6-14-13/h2,5-6,8,11H,3-4,7,9H2,1H3/t11-/m1/s1. The first-order valence-electron chi connectivity index (χ1n) is 5.86. The van der Waals surface area contributed by atoms with Gasteiger partial charge >= 0.3 is 0 Å². The first-order valence-corrected chi connectivity index (χ1v) is 5.86. The molecular formula is C13H16N2O. The summed E-state index contributed by atoms with van der Waals surface area (Å²) in [5.74, 6) is 0. The fourth-order valence-electron chi connectivity index (χ4n) is 2.47. The number of aromatic nitrogens is 2. The summed E-state index contributed by atoms with van der Waals surface area (Å²) in [4.78, 5) is 4.48. The number of ether oxygens (including phenoxy) is 1. The van der Waals surface area contributed by atoms with Crippen molar-refractivity contribution in [3.63, 3.8) is 0 Å². The summed E-state index contributed by atoms with van der Waals surface area (Å²) < 4.78 is 7.83. The molecule has 0 saturated carbocycles. The van der Waals surface area contributed by atoms with E-state index in [0.29, 0.717) is 6.04 Å². The van der Waals surface area contributed by atoms with Crippen LogP contribution in [0.4, 0.5) is 0 Å². The van der Waals surface area contributed by atoms with Gasteiger partial charge in [-0.25, -0.2) is 4.98 Å². The Morgan fingerprint density at radius 3 is 3.25 bits per heavy atom. The van der Waals surface area contributed by atoms with Gasteiger partial charge in [-0.3, -0.25) is 0 Å². The van der Waals surface area contributed by atoms with Crippen molar-refractivity contribution in [1.29, 1.82) is 0 Å². The largest absolute Gasteiger partial charge is 0.379 e. The van der Waals surface area contributed by atoms with E-state index in [1.165, 1.54) is 17.4 Å². The van der Waals surface area contributed by atoms with Crippen LogP contribution in [0.5, 0.6) is 0 Å². The SMILES string of the molecule is Cc1cn([C@@H]2CCCOC2)c2ncccc12. The predicted octanol–water partition coefficient (Wildman–Crippen LogP) is 2.70. The molecule has 3 heterocycles. The number of rotatable bonds is 1. The highest BCUT2D eigenvalue weighted by molar-refractivity contribution is 5.80. The van der Waals surface area contributed by atoms with Crippen LogP contribution < -0.4 is 0 Å². The minimum absolute atomic E-state index is 0.458. The molecular weight excluding hydrogens is 200 g/mol. The molecule has 3 rings (SSSR count). The van der Waals surface area contributed by atoms with E-state index in [4.69, 9.17) is 4.74 Å². The zero-order valence-electron chi connectivity index (χ0n) is 9.52. The van der Waals surface area contributed by atoms with Gasteiger partial charge in [-0.05, 0) is 37.5 Å². The Kier molecular flexibility index (Phi) is 2.40. The van der Waals surface area contributed by atoms with Crippen LogP contribution in [0.2, 0.25) is 0 Å².